The Bertz CT molecular complexity index is 1020. The summed E-state index contributed by atoms with van der Waals surface area (Å²) in [6.07, 6.45) is 0. The summed E-state index contributed by atoms with van der Waals surface area (Å²) >= 11 is 6.20. The van der Waals surface area contributed by atoms with Crippen molar-refractivity contribution in [1.29, 1.82) is 0 Å². The average Bonchev–Trinajstić information content (AvgIpc) is 2.68. The minimum Gasteiger partial charge on any atom is -0.506 e. The van der Waals surface area contributed by atoms with E-state index in [2.05, 4.69) is 5.32 Å². The molecule has 1 amide bonds. The van der Waals surface area contributed by atoms with E-state index in [9.17, 15) is 14.7 Å². The number of carbonyl (C=O) groups is 2. The smallest absolute Gasteiger partial charge is 0.335 e. The fourth-order valence-corrected chi connectivity index (χ4v) is 2.73. The molecule has 0 saturated heterocycles. The quantitative estimate of drug-likeness (QED) is 0.529. The monoisotopic (exact) mass is 397 g/mol. The van der Waals surface area contributed by atoms with Crippen LogP contribution in [0.4, 0.5) is 5.69 Å². The molecule has 0 fully saturated rings. The highest BCUT2D eigenvalue weighted by atomic mass is 35.5. The molecule has 0 aliphatic heterocycles. The van der Waals surface area contributed by atoms with Crippen LogP contribution >= 0.6 is 11.6 Å². The number of anilines is 1. The highest BCUT2D eigenvalue weighted by Gasteiger charge is 2.15. The van der Waals surface area contributed by atoms with Crippen molar-refractivity contribution >= 4 is 29.2 Å². The lowest BCUT2D eigenvalue weighted by Gasteiger charge is -2.11. The molecule has 3 aromatic rings. The van der Waals surface area contributed by atoms with Gasteiger partial charge in [0, 0.05) is 0 Å². The van der Waals surface area contributed by atoms with Gasteiger partial charge in [-0.25, -0.2) is 4.79 Å². The van der Waals surface area contributed by atoms with Gasteiger partial charge < -0.3 is 20.3 Å². The lowest BCUT2D eigenvalue weighted by molar-refractivity contribution is 0.0696. The van der Waals surface area contributed by atoms with Crippen molar-refractivity contribution in [2.75, 3.05) is 5.32 Å². The fraction of sp³-hybridized carbons (Fsp3) is 0.0476. The Morgan fingerprint density at radius 2 is 1.75 bits per heavy atom. The lowest BCUT2D eigenvalue weighted by atomic mass is 10.1. The molecule has 3 rings (SSSR count). The zero-order valence-corrected chi connectivity index (χ0v) is 15.3. The molecule has 0 bridgehead atoms. The largest absolute Gasteiger partial charge is 0.506 e. The fourth-order valence-electron chi connectivity index (χ4n) is 2.47. The molecule has 142 valence electrons. The van der Waals surface area contributed by atoms with Crippen molar-refractivity contribution in [3.63, 3.8) is 0 Å². The number of nitrogens with one attached hydrogen (secondary N) is 1. The Morgan fingerprint density at radius 1 is 1.00 bits per heavy atom. The number of phenols is 1. The maximum Gasteiger partial charge on any atom is 0.335 e. The van der Waals surface area contributed by atoms with E-state index in [4.69, 9.17) is 21.4 Å². The number of hydrogen-bond donors (Lipinski definition) is 3. The number of aromatic hydroxyl groups is 1. The number of ether oxygens (including phenoxy) is 1. The maximum absolute atomic E-state index is 12.4. The summed E-state index contributed by atoms with van der Waals surface area (Å²) in [7, 11) is 0. The van der Waals surface area contributed by atoms with E-state index in [1.165, 1.54) is 24.3 Å². The second kappa shape index (κ2) is 8.45. The maximum atomic E-state index is 12.4. The lowest BCUT2D eigenvalue weighted by Crippen LogP contribution is -2.13. The van der Waals surface area contributed by atoms with Gasteiger partial charge in [0.1, 0.15) is 18.1 Å². The third-order valence-corrected chi connectivity index (χ3v) is 4.24. The summed E-state index contributed by atoms with van der Waals surface area (Å²) < 4.78 is 5.67. The molecule has 0 spiro atoms. The highest BCUT2D eigenvalue weighted by Crippen LogP contribution is 2.28. The minimum atomic E-state index is -1.18. The first kappa shape index (κ1) is 19.3. The molecule has 0 unspecified atom stereocenters. The Morgan fingerprint density at radius 3 is 2.39 bits per heavy atom. The van der Waals surface area contributed by atoms with Gasteiger partial charge in [-0.05, 0) is 42.0 Å². The molecule has 0 aliphatic rings. The first-order valence-corrected chi connectivity index (χ1v) is 8.66. The number of aromatic carboxylic acids is 1. The van der Waals surface area contributed by atoms with Gasteiger partial charge in [-0.15, -0.1) is 0 Å². The minimum absolute atomic E-state index is 0.0791. The molecule has 0 radical (unpaired) electrons. The van der Waals surface area contributed by atoms with Crippen LogP contribution in [0.1, 0.15) is 26.3 Å². The molecule has 28 heavy (non-hydrogen) atoms. The molecule has 0 aliphatic carbocycles. The standard InChI is InChI=1S/C21H16ClNO5/c22-17-11-15(28-12-13-4-2-1-3-5-13)7-8-16(17)20(25)23-18-9-6-14(21(26)27)10-19(18)24/h1-11,24H,12H2,(H,23,25)(H,26,27). The number of benzene rings is 3. The van der Waals surface area contributed by atoms with Gasteiger partial charge in [0.2, 0.25) is 0 Å². The summed E-state index contributed by atoms with van der Waals surface area (Å²) in [5.41, 5.74) is 1.18. The van der Waals surface area contributed by atoms with Crippen LogP contribution in [0, 0.1) is 0 Å². The molecule has 3 N–H and O–H groups in total. The van der Waals surface area contributed by atoms with Crippen molar-refractivity contribution in [3.8, 4) is 11.5 Å². The van der Waals surface area contributed by atoms with E-state index in [1.807, 2.05) is 30.3 Å². The van der Waals surface area contributed by atoms with Crippen LogP contribution in [-0.4, -0.2) is 22.1 Å². The molecular weight excluding hydrogens is 382 g/mol. The number of rotatable bonds is 6. The summed E-state index contributed by atoms with van der Waals surface area (Å²) in [5.74, 6) is -1.56. The molecule has 3 aromatic carbocycles. The van der Waals surface area contributed by atoms with E-state index in [0.29, 0.717) is 12.4 Å². The van der Waals surface area contributed by atoms with Gasteiger partial charge in [0.15, 0.2) is 0 Å². The summed E-state index contributed by atoms with van der Waals surface area (Å²) in [6.45, 7) is 0.368. The molecule has 0 saturated carbocycles. The predicted octanol–water partition coefficient (Wildman–Crippen LogP) is 4.58. The van der Waals surface area contributed by atoms with Crippen molar-refractivity contribution in [1.82, 2.24) is 0 Å². The van der Waals surface area contributed by atoms with Crippen LogP contribution in [0.25, 0.3) is 0 Å². The normalized spacial score (nSPS) is 10.3. The van der Waals surface area contributed by atoms with Crippen LogP contribution in [0.5, 0.6) is 11.5 Å². The topological polar surface area (TPSA) is 95.9 Å². The van der Waals surface area contributed by atoms with Crippen LogP contribution in [0.3, 0.4) is 0 Å². The van der Waals surface area contributed by atoms with Gasteiger partial charge in [-0.2, -0.15) is 0 Å². The number of carbonyl (C=O) groups excluding carboxylic acids is 1. The van der Waals surface area contributed by atoms with E-state index in [1.54, 1.807) is 6.07 Å². The Hall–Kier alpha value is -3.51. The van der Waals surface area contributed by atoms with Crippen LogP contribution in [0.15, 0.2) is 66.7 Å². The molecule has 0 heterocycles. The number of hydrogen-bond acceptors (Lipinski definition) is 4. The van der Waals surface area contributed by atoms with E-state index in [0.717, 1.165) is 11.6 Å². The predicted molar refractivity (Wildman–Crippen MR) is 105 cm³/mol. The zero-order chi connectivity index (χ0) is 20.1. The first-order valence-electron chi connectivity index (χ1n) is 8.28. The SMILES string of the molecule is O=C(O)c1ccc(NC(=O)c2ccc(OCc3ccccc3)cc2Cl)c(O)c1. The van der Waals surface area contributed by atoms with Gasteiger partial charge in [0.05, 0.1) is 21.8 Å². The van der Waals surface area contributed by atoms with Crippen molar-refractivity contribution in [2.24, 2.45) is 0 Å². The molecule has 7 heteroatoms. The number of amides is 1. The molecular formula is C21H16ClNO5. The number of carboxylic acid groups (broad SMARTS) is 1. The van der Waals surface area contributed by atoms with Crippen LogP contribution in [0.2, 0.25) is 5.02 Å². The van der Waals surface area contributed by atoms with Crippen molar-refractivity contribution in [3.05, 3.63) is 88.4 Å². The van der Waals surface area contributed by atoms with Crippen LogP contribution in [-0.2, 0) is 6.61 Å². The van der Waals surface area contributed by atoms with Crippen LogP contribution < -0.4 is 10.1 Å². The van der Waals surface area contributed by atoms with Crippen molar-refractivity contribution < 1.29 is 24.5 Å². The number of phenolic OH excluding ortho intramolecular Hbond substituents is 1. The Labute approximate surface area is 166 Å². The number of carboxylic acids is 1. The second-order valence-electron chi connectivity index (χ2n) is 5.91. The average molecular weight is 398 g/mol. The van der Waals surface area contributed by atoms with E-state index < -0.39 is 11.9 Å². The van der Waals surface area contributed by atoms with Gasteiger partial charge in [0.25, 0.3) is 5.91 Å². The van der Waals surface area contributed by atoms with Crippen molar-refractivity contribution in [2.45, 2.75) is 6.61 Å². The first-order chi connectivity index (χ1) is 13.4. The molecule has 0 aromatic heterocycles. The third kappa shape index (κ3) is 4.61. The zero-order valence-electron chi connectivity index (χ0n) is 14.6. The summed E-state index contributed by atoms with van der Waals surface area (Å²) in [5, 5.41) is 21.5. The van der Waals surface area contributed by atoms with E-state index >= 15 is 0 Å². The van der Waals surface area contributed by atoms with Gasteiger partial charge in [-0.3, -0.25) is 4.79 Å². The Kier molecular flexibility index (Phi) is 5.81. The number of halogens is 1. The molecule has 0 atom stereocenters. The van der Waals surface area contributed by atoms with E-state index in [-0.39, 0.29) is 27.6 Å². The second-order valence-corrected chi connectivity index (χ2v) is 6.31. The molecule has 6 nitrogen and oxygen atoms in total. The van der Waals surface area contributed by atoms with Gasteiger partial charge >= 0.3 is 5.97 Å². The third-order valence-electron chi connectivity index (χ3n) is 3.93. The Balaban J connectivity index is 1.69. The summed E-state index contributed by atoms with van der Waals surface area (Å²) in [6, 6.07) is 17.9. The summed E-state index contributed by atoms with van der Waals surface area (Å²) in [4.78, 5) is 23.3. The van der Waals surface area contributed by atoms with Gasteiger partial charge in [-0.1, -0.05) is 41.9 Å². The highest BCUT2D eigenvalue weighted by molar-refractivity contribution is 6.34.